The minimum atomic E-state index is -0.423. The maximum Gasteiger partial charge on any atom is 0.0882 e. The lowest BCUT2D eigenvalue weighted by Crippen LogP contribution is -2.16. The number of hydrogen-bond donors (Lipinski definition) is 1. The van der Waals surface area contributed by atoms with Crippen molar-refractivity contribution in [1.29, 1.82) is 0 Å². The van der Waals surface area contributed by atoms with Crippen molar-refractivity contribution >= 4 is 0 Å². The fourth-order valence-electron chi connectivity index (χ4n) is 0.797. The predicted octanol–water partition coefficient (Wildman–Crippen LogP) is 1.33. The van der Waals surface area contributed by atoms with Gasteiger partial charge in [0.2, 0.25) is 0 Å². The monoisotopic (exact) mass is 144 g/mol. The van der Waals surface area contributed by atoms with Crippen LogP contribution in [0, 0.1) is 0 Å². The average Bonchev–Trinajstić information content (AvgIpc) is 2.62. The summed E-state index contributed by atoms with van der Waals surface area (Å²) in [5, 5.41) is 9.30. The SMILES string of the molecule is CCCCOCC1(O)CC1. The first-order valence-electron chi connectivity index (χ1n) is 4.07. The molecule has 0 aromatic rings. The molecule has 0 amide bonds. The molecule has 0 radical (unpaired) electrons. The molecule has 1 aliphatic carbocycles. The average molecular weight is 144 g/mol. The van der Waals surface area contributed by atoms with Crippen LogP contribution in [0.4, 0.5) is 0 Å². The number of ether oxygens (including phenoxy) is 1. The third kappa shape index (κ3) is 2.67. The zero-order valence-electron chi connectivity index (χ0n) is 6.60. The third-order valence-corrected chi connectivity index (χ3v) is 1.84. The molecule has 0 aromatic heterocycles. The lowest BCUT2D eigenvalue weighted by Gasteiger charge is -2.07. The maximum absolute atomic E-state index is 9.30. The van der Waals surface area contributed by atoms with Gasteiger partial charge in [0.1, 0.15) is 0 Å². The van der Waals surface area contributed by atoms with E-state index in [0.29, 0.717) is 6.61 Å². The second-order valence-corrected chi connectivity index (χ2v) is 3.13. The molecule has 0 saturated heterocycles. The summed E-state index contributed by atoms with van der Waals surface area (Å²) in [6.07, 6.45) is 4.13. The Kier molecular flexibility index (Phi) is 2.69. The van der Waals surface area contributed by atoms with Crippen LogP contribution in [0.1, 0.15) is 32.6 Å². The van der Waals surface area contributed by atoms with Crippen LogP contribution < -0.4 is 0 Å². The molecule has 0 atom stereocenters. The molecule has 0 aliphatic heterocycles. The summed E-state index contributed by atoms with van der Waals surface area (Å²) in [4.78, 5) is 0. The van der Waals surface area contributed by atoms with Crippen molar-refractivity contribution in [3.63, 3.8) is 0 Å². The van der Waals surface area contributed by atoms with Crippen LogP contribution in [0.15, 0.2) is 0 Å². The van der Waals surface area contributed by atoms with E-state index in [2.05, 4.69) is 6.92 Å². The second-order valence-electron chi connectivity index (χ2n) is 3.13. The summed E-state index contributed by atoms with van der Waals surface area (Å²) < 4.78 is 5.25. The minimum Gasteiger partial charge on any atom is -0.387 e. The predicted molar refractivity (Wildman–Crippen MR) is 39.9 cm³/mol. The highest BCUT2D eigenvalue weighted by atomic mass is 16.5. The van der Waals surface area contributed by atoms with Crippen LogP contribution in [-0.2, 0) is 4.74 Å². The van der Waals surface area contributed by atoms with Crippen LogP contribution >= 0.6 is 0 Å². The maximum atomic E-state index is 9.30. The molecule has 1 saturated carbocycles. The van der Waals surface area contributed by atoms with E-state index in [1.807, 2.05) is 0 Å². The van der Waals surface area contributed by atoms with Crippen LogP contribution in [0.25, 0.3) is 0 Å². The van der Waals surface area contributed by atoms with Gasteiger partial charge in [0.25, 0.3) is 0 Å². The van der Waals surface area contributed by atoms with E-state index in [1.54, 1.807) is 0 Å². The summed E-state index contributed by atoms with van der Waals surface area (Å²) in [6, 6.07) is 0. The Hall–Kier alpha value is -0.0800. The quantitative estimate of drug-likeness (QED) is 0.590. The van der Waals surface area contributed by atoms with Gasteiger partial charge in [-0.1, -0.05) is 13.3 Å². The van der Waals surface area contributed by atoms with E-state index < -0.39 is 5.60 Å². The molecular weight excluding hydrogens is 128 g/mol. The van der Waals surface area contributed by atoms with Crippen LogP contribution in [-0.4, -0.2) is 23.9 Å². The van der Waals surface area contributed by atoms with Gasteiger partial charge in [0.05, 0.1) is 12.2 Å². The summed E-state index contributed by atoms with van der Waals surface area (Å²) in [5.74, 6) is 0. The summed E-state index contributed by atoms with van der Waals surface area (Å²) >= 11 is 0. The van der Waals surface area contributed by atoms with E-state index in [1.165, 1.54) is 6.42 Å². The molecule has 1 N–H and O–H groups in total. The zero-order valence-corrected chi connectivity index (χ0v) is 6.60. The normalized spacial score (nSPS) is 21.0. The fourth-order valence-corrected chi connectivity index (χ4v) is 0.797. The smallest absolute Gasteiger partial charge is 0.0882 e. The van der Waals surface area contributed by atoms with Gasteiger partial charge in [-0.05, 0) is 19.3 Å². The van der Waals surface area contributed by atoms with Crippen molar-refractivity contribution in [2.75, 3.05) is 13.2 Å². The van der Waals surface area contributed by atoms with E-state index in [9.17, 15) is 5.11 Å². The lowest BCUT2D eigenvalue weighted by atomic mass is 10.3. The first-order valence-corrected chi connectivity index (χ1v) is 4.07. The van der Waals surface area contributed by atoms with E-state index >= 15 is 0 Å². The second kappa shape index (κ2) is 3.35. The first-order chi connectivity index (χ1) is 4.77. The van der Waals surface area contributed by atoms with Gasteiger partial charge in [-0.15, -0.1) is 0 Å². The van der Waals surface area contributed by atoms with Crippen molar-refractivity contribution in [3.8, 4) is 0 Å². The Labute approximate surface area is 62.2 Å². The van der Waals surface area contributed by atoms with E-state index in [4.69, 9.17) is 4.74 Å². The highest BCUT2D eigenvalue weighted by Crippen LogP contribution is 2.34. The Morgan fingerprint density at radius 1 is 1.50 bits per heavy atom. The number of hydrogen-bond acceptors (Lipinski definition) is 2. The number of rotatable bonds is 5. The molecule has 2 nitrogen and oxygen atoms in total. The molecular formula is C8H16O2. The molecule has 1 aliphatic rings. The summed E-state index contributed by atoms with van der Waals surface area (Å²) in [5.41, 5.74) is -0.423. The largest absolute Gasteiger partial charge is 0.387 e. The van der Waals surface area contributed by atoms with Crippen LogP contribution in [0.2, 0.25) is 0 Å². The number of unbranched alkanes of at least 4 members (excludes halogenated alkanes) is 1. The minimum absolute atomic E-state index is 0.423. The molecule has 1 fully saturated rings. The van der Waals surface area contributed by atoms with E-state index in [-0.39, 0.29) is 0 Å². The van der Waals surface area contributed by atoms with Crippen LogP contribution in [0.5, 0.6) is 0 Å². The summed E-state index contributed by atoms with van der Waals surface area (Å²) in [6.45, 7) is 3.49. The van der Waals surface area contributed by atoms with Gasteiger partial charge in [-0.2, -0.15) is 0 Å². The first kappa shape index (κ1) is 8.02. The molecule has 1 rings (SSSR count). The lowest BCUT2D eigenvalue weighted by molar-refractivity contribution is 0.0198. The Morgan fingerprint density at radius 3 is 2.70 bits per heavy atom. The molecule has 0 aromatic carbocycles. The highest BCUT2D eigenvalue weighted by Gasteiger charge is 2.40. The molecule has 10 heavy (non-hydrogen) atoms. The summed E-state index contributed by atoms with van der Waals surface area (Å²) in [7, 11) is 0. The van der Waals surface area contributed by atoms with Gasteiger partial charge in [0.15, 0.2) is 0 Å². The molecule has 0 bridgehead atoms. The van der Waals surface area contributed by atoms with Gasteiger partial charge in [0, 0.05) is 6.61 Å². The molecule has 2 heteroatoms. The van der Waals surface area contributed by atoms with Gasteiger partial charge < -0.3 is 9.84 Å². The van der Waals surface area contributed by atoms with Crippen molar-refractivity contribution in [2.45, 2.75) is 38.2 Å². The van der Waals surface area contributed by atoms with Crippen molar-refractivity contribution in [2.24, 2.45) is 0 Å². The van der Waals surface area contributed by atoms with Gasteiger partial charge in [-0.25, -0.2) is 0 Å². The standard InChI is InChI=1S/C8H16O2/c1-2-3-6-10-7-8(9)4-5-8/h9H,2-7H2,1H3. The molecule has 60 valence electrons. The molecule has 0 unspecified atom stereocenters. The Morgan fingerprint density at radius 2 is 2.20 bits per heavy atom. The van der Waals surface area contributed by atoms with Crippen molar-refractivity contribution < 1.29 is 9.84 Å². The van der Waals surface area contributed by atoms with Gasteiger partial charge >= 0.3 is 0 Å². The Balaban J connectivity index is 1.86. The zero-order chi connectivity index (χ0) is 7.45. The number of aliphatic hydroxyl groups is 1. The highest BCUT2D eigenvalue weighted by molar-refractivity contribution is 4.92. The fraction of sp³-hybridized carbons (Fsp3) is 1.00. The topological polar surface area (TPSA) is 29.5 Å². The molecule has 0 spiro atoms. The van der Waals surface area contributed by atoms with Crippen molar-refractivity contribution in [1.82, 2.24) is 0 Å². The van der Waals surface area contributed by atoms with Gasteiger partial charge in [-0.3, -0.25) is 0 Å². The third-order valence-electron chi connectivity index (χ3n) is 1.84. The van der Waals surface area contributed by atoms with Crippen molar-refractivity contribution in [3.05, 3.63) is 0 Å². The Bertz CT molecular complexity index is 97.4. The molecule has 0 heterocycles. The van der Waals surface area contributed by atoms with Crippen LogP contribution in [0.3, 0.4) is 0 Å². The van der Waals surface area contributed by atoms with E-state index in [0.717, 1.165) is 25.9 Å².